The molecule has 0 radical (unpaired) electrons. The zero-order valence-corrected chi connectivity index (χ0v) is 16.1. The Bertz CT molecular complexity index is 962. The molecule has 29 heavy (non-hydrogen) atoms. The number of carbonyl (C=O) groups is 2. The smallest absolute Gasteiger partial charge is 0.260 e. The van der Waals surface area contributed by atoms with E-state index in [1.165, 1.54) is 0 Å². The Morgan fingerprint density at radius 3 is 2.76 bits per heavy atom. The van der Waals surface area contributed by atoms with Crippen molar-refractivity contribution >= 4 is 17.8 Å². The molecule has 4 rings (SSSR count). The average Bonchev–Trinajstić information content (AvgIpc) is 3.07. The fraction of sp³-hybridized carbons (Fsp3) is 0.273. The van der Waals surface area contributed by atoms with Crippen molar-refractivity contribution in [2.24, 2.45) is 0 Å². The van der Waals surface area contributed by atoms with Crippen LogP contribution >= 0.6 is 0 Å². The monoisotopic (exact) mass is 395 g/mol. The Balaban J connectivity index is 1.44. The number of fused-ring (bicyclic) bond motifs is 1. The molecule has 0 bridgehead atoms. The van der Waals surface area contributed by atoms with Crippen LogP contribution < -0.4 is 14.2 Å². The quantitative estimate of drug-likeness (QED) is 0.725. The molecule has 7 heteroatoms. The summed E-state index contributed by atoms with van der Waals surface area (Å²) in [7, 11) is 1.59. The third-order valence-electron chi connectivity index (χ3n) is 4.76. The first kappa shape index (κ1) is 19.0. The van der Waals surface area contributed by atoms with Gasteiger partial charge in [0.2, 0.25) is 5.78 Å². The number of ether oxygens (including phenoxy) is 4. The van der Waals surface area contributed by atoms with Crippen LogP contribution in [0, 0.1) is 0 Å². The lowest BCUT2D eigenvalue weighted by Gasteiger charge is -2.26. The minimum absolute atomic E-state index is 0.0702. The van der Waals surface area contributed by atoms with Crippen LogP contribution in [-0.2, 0) is 9.53 Å². The van der Waals surface area contributed by atoms with E-state index in [0.29, 0.717) is 49.1 Å². The molecule has 0 N–H and O–H groups in total. The lowest BCUT2D eigenvalue weighted by Crippen LogP contribution is -2.42. The Morgan fingerprint density at radius 2 is 1.97 bits per heavy atom. The number of morpholine rings is 1. The van der Waals surface area contributed by atoms with Gasteiger partial charge in [0, 0.05) is 19.2 Å². The van der Waals surface area contributed by atoms with Crippen LogP contribution in [0.3, 0.4) is 0 Å². The van der Waals surface area contributed by atoms with Gasteiger partial charge in [-0.3, -0.25) is 9.59 Å². The molecule has 1 amide bonds. The van der Waals surface area contributed by atoms with Gasteiger partial charge in [0.05, 0.1) is 25.9 Å². The van der Waals surface area contributed by atoms with Gasteiger partial charge in [-0.1, -0.05) is 12.1 Å². The van der Waals surface area contributed by atoms with Crippen LogP contribution in [0.15, 0.2) is 48.2 Å². The number of rotatable bonds is 5. The van der Waals surface area contributed by atoms with E-state index < -0.39 is 0 Å². The number of hydrogen-bond acceptors (Lipinski definition) is 6. The average molecular weight is 395 g/mol. The molecule has 7 nitrogen and oxygen atoms in total. The van der Waals surface area contributed by atoms with Crippen molar-refractivity contribution in [1.82, 2.24) is 4.90 Å². The summed E-state index contributed by atoms with van der Waals surface area (Å²) in [6.45, 7) is 2.16. The topological polar surface area (TPSA) is 74.3 Å². The summed E-state index contributed by atoms with van der Waals surface area (Å²) in [4.78, 5) is 26.5. The van der Waals surface area contributed by atoms with Crippen LogP contribution in [0.2, 0.25) is 0 Å². The van der Waals surface area contributed by atoms with E-state index in [2.05, 4.69) is 0 Å². The number of carbonyl (C=O) groups excluding carboxylic acids is 2. The largest absolute Gasteiger partial charge is 0.497 e. The van der Waals surface area contributed by atoms with Gasteiger partial charge in [-0.2, -0.15) is 0 Å². The molecule has 0 unspecified atom stereocenters. The minimum Gasteiger partial charge on any atom is -0.497 e. The van der Waals surface area contributed by atoms with E-state index >= 15 is 0 Å². The van der Waals surface area contributed by atoms with Crippen molar-refractivity contribution in [3.05, 3.63) is 59.4 Å². The van der Waals surface area contributed by atoms with Crippen LogP contribution in [0.4, 0.5) is 0 Å². The predicted octanol–water partition coefficient (Wildman–Crippen LogP) is 2.55. The Morgan fingerprint density at radius 1 is 1.14 bits per heavy atom. The standard InChI is InChI=1S/C22H21NO6/c1-26-16-4-2-3-15(11-16)12-20-22(25)18-6-5-17(13-19(18)29-20)28-14-21(24)23-7-9-27-10-8-23/h2-6,11-13H,7-10,14H2,1H3. The molecule has 2 aromatic carbocycles. The van der Waals surface area contributed by atoms with Gasteiger partial charge < -0.3 is 23.8 Å². The molecular weight excluding hydrogens is 374 g/mol. The molecule has 2 aliphatic heterocycles. The highest BCUT2D eigenvalue weighted by Crippen LogP contribution is 2.35. The Kier molecular flexibility index (Phi) is 5.48. The van der Waals surface area contributed by atoms with Crippen LogP contribution in [-0.4, -0.2) is 56.6 Å². The van der Waals surface area contributed by atoms with Gasteiger partial charge in [0.15, 0.2) is 12.4 Å². The molecule has 2 aromatic rings. The van der Waals surface area contributed by atoms with Crippen LogP contribution in [0.5, 0.6) is 17.2 Å². The molecule has 0 spiro atoms. The normalized spacial score (nSPS) is 17.1. The zero-order chi connectivity index (χ0) is 20.2. The molecule has 150 valence electrons. The van der Waals surface area contributed by atoms with Crippen molar-refractivity contribution < 1.29 is 28.5 Å². The second-order valence-corrected chi connectivity index (χ2v) is 6.66. The summed E-state index contributed by atoms with van der Waals surface area (Å²) in [5, 5.41) is 0. The van der Waals surface area contributed by atoms with Gasteiger partial charge in [-0.25, -0.2) is 0 Å². The maximum Gasteiger partial charge on any atom is 0.260 e. The molecule has 2 heterocycles. The highest BCUT2D eigenvalue weighted by molar-refractivity contribution is 6.14. The van der Waals surface area contributed by atoms with Crippen molar-refractivity contribution in [1.29, 1.82) is 0 Å². The van der Waals surface area contributed by atoms with E-state index in [1.807, 2.05) is 24.3 Å². The molecular formula is C22H21NO6. The minimum atomic E-state index is -0.196. The van der Waals surface area contributed by atoms with E-state index in [-0.39, 0.29) is 24.1 Å². The SMILES string of the molecule is COc1cccc(C=C2Oc3cc(OCC(=O)N4CCOCC4)ccc3C2=O)c1. The van der Waals surface area contributed by atoms with E-state index in [0.717, 1.165) is 5.56 Å². The Labute approximate surface area is 168 Å². The molecule has 0 saturated carbocycles. The number of ketones is 1. The van der Waals surface area contributed by atoms with E-state index in [9.17, 15) is 9.59 Å². The number of Topliss-reactive ketones (excluding diaryl/α,β-unsaturated/α-hetero) is 1. The summed E-state index contributed by atoms with van der Waals surface area (Å²) in [6, 6.07) is 12.3. The summed E-state index contributed by atoms with van der Waals surface area (Å²) in [6.07, 6.45) is 1.67. The van der Waals surface area contributed by atoms with Crippen molar-refractivity contribution in [2.75, 3.05) is 40.0 Å². The highest BCUT2D eigenvalue weighted by Gasteiger charge is 2.28. The molecule has 0 atom stereocenters. The third kappa shape index (κ3) is 4.25. The fourth-order valence-corrected chi connectivity index (χ4v) is 3.19. The number of hydrogen-bond donors (Lipinski definition) is 0. The Hall–Kier alpha value is -3.32. The van der Waals surface area contributed by atoms with Crippen LogP contribution in [0.25, 0.3) is 6.08 Å². The van der Waals surface area contributed by atoms with Crippen molar-refractivity contribution in [3.63, 3.8) is 0 Å². The highest BCUT2D eigenvalue weighted by atomic mass is 16.5. The number of nitrogens with zero attached hydrogens (tertiary/aromatic N) is 1. The lowest BCUT2D eigenvalue weighted by molar-refractivity contribution is -0.137. The third-order valence-corrected chi connectivity index (χ3v) is 4.76. The van der Waals surface area contributed by atoms with Gasteiger partial charge in [-0.15, -0.1) is 0 Å². The maximum absolute atomic E-state index is 12.6. The molecule has 1 saturated heterocycles. The summed E-state index contributed by atoms with van der Waals surface area (Å²) in [5.74, 6) is 1.53. The lowest BCUT2D eigenvalue weighted by atomic mass is 10.1. The molecule has 0 aliphatic carbocycles. The molecule has 0 aromatic heterocycles. The summed E-state index contributed by atoms with van der Waals surface area (Å²) in [5.41, 5.74) is 1.26. The van der Waals surface area contributed by atoms with E-state index in [1.54, 1.807) is 36.3 Å². The van der Waals surface area contributed by atoms with Gasteiger partial charge in [-0.05, 0) is 35.9 Å². The van der Waals surface area contributed by atoms with Gasteiger partial charge in [0.25, 0.3) is 5.91 Å². The second kappa shape index (κ2) is 8.36. The first-order valence-corrected chi connectivity index (χ1v) is 9.35. The maximum atomic E-state index is 12.6. The molecule has 1 fully saturated rings. The summed E-state index contributed by atoms with van der Waals surface area (Å²) >= 11 is 0. The number of amides is 1. The van der Waals surface area contributed by atoms with Crippen molar-refractivity contribution in [2.45, 2.75) is 0 Å². The van der Waals surface area contributed by atoms with Gasteiger partial charge in [0.1, 0.15) is 17.2 Å². The van der Waals surface area contributed by atoms with Crippen molar-refractivity contribution in [3.8, 4) is 17.2 Å². The predicted molar refractivity (Wildman–Crippen MR) is 105 cm³/mol. The fourth-order valence-electron chi connectivity index (χ4n) is 3.19. The molecule has 2 aliphatic rings. The first-order chi connectivity index (χ1) is 14.1. The summed E-state index contributed by atoms with van der Waals surface area (Å²) < 4.78 is 21.8. The zero-order valence-electron chi connectivity index (χ0n) is 16.1. The second-order valence-electron chi connectivity index (χ2n) is 6.66. The number of methoxy groups -OCH3 is 1. The first-order valence-electron chi connectivity index (χ1n) is 9.35. The number of benzene rings is 2. The van der Waals surface area contributed by atoms with E-state index in [4.69, 9.17) is 18.9 Å². The van der Waals surface area contributed by atoms with Crippen LogP contribution in [0.1, 0.15) is 15.9 Å². The van der Waals surface area contributed by atoms with Gasteiger partial charge >= 0.3 is 0 Å². The number of allylic oxidation sites excluding steroid dienone is 1.